The minimum Gasteiger partial charge on any atom is -0.466 e. The van der Waals surface area contributed by atoms with Crippen LogP contribution in [0.25, 0.3) is 11.3 Å². The summed E-state index contributed by atoms with van der Waals surface area (Å²) < 4.78 is 11.4. The molecule has 1 unspecified atom stereocenters. The van der Waals surface area contributed by atoms with E-state index in [-0.39, 0.29) is 24.3 Å². The summed E-state index contributed by atoms with van der Waals surface area (Å²) in [5.41, 5.74) is 3.89. The Hall–Kier alpha value is -3.19. The first-order chi connectivity index (χ1) is 19.0. The summed E-state index contributed by atoms with van der Waals surface area (Å²) >= 11 is 1.77. The van der Waals surface area contributed by atoms with Crippen molar-refractivity contribution in [1.82, 2.24) is 4.90 Å². The van der Waals surface area contributed by atoms with Crippen LogP contribution < -0.4 is 5.32 Å². The fourth-order valence-corrected chi connectivity index (χ4v) is 5.80. The molecule has 1 aromatic heterocycles. The zero-order valence-corrected chi connectivity index (χ0v) is 24.1. The van der Waals surface area contributed by atoms with Crippen LogP contribution in [0.15, 0.2) is 65.1 Å². The third kappa shape index (κ3) is 7.69. The summed E-state index contributed by atoms with van der Waals surface area (Å²) in [6.07, 6.45) is 8.45. The normalized spacial score (nSPS) is 14.5. The number of nitrogens with zero attached hydrogens (tertiary/aromatic N) is 1. The number of furan rings is 1. The number of rotatable bonds is 12. The molecule has 0 radical (unpaired) electrons. The predicted octanol–water partition coefficient (Wildman–Crippen LogP) is 7.57. The highest BCUT2D eigenvalue weighted by molar-refractivity contribution is 7.97. The molecule has 0 saturated heterocycles. The van der Waals surface area contributed by atoms with Gasteiger partial charge in [0.05, 0.1) is 24.8 Å². The summed E-state index contributed by atoms with van der Waals surface area (Å²) in [5, 5.41) is 3.82. The van der Waals surface area contributed by atoms with E-state index in [1.807, 2.05) is 42.5 Å². The van der Waals surface area contributed by atoms with E-state index in [0.29, 0.717) is 24.6 Å². The Labute approximate surface area is 236 Å². The van der Waals surface area contributed by atoms with Crippen molar-refractivity contribution in [2.75, 3.05) is 31.8 Å². The van der Waals surface area contributed by atoms with Gasteiger partial charge in [-0.15, -0.1) is 0 Å². The number of nitrogens with one attached hydrogen (secondary N) is 1. The zero-order valence-electron chi connectivity index (χ0n) is 23.3. The van der Waals surface area contributed by atoms with Gasteiger partial charge in [-0.3, -0.25) is 9.59 Å². The molecule has 1 aliphatic carbocycles. The molecule has 2 aromatic carbocycles. The van der Waals surface area contributed by atoms with Crippen LogP contribution in [0.5, 0.6) is 0 Å². The van der Waals surface area contributed by atoms with Gasteiger partial charge in [0.2, 0.25) is 0 Å². The number of benzene rings is 2. The molecular formula is C32H40N2O4S. The van der Waals surface area contributed by atoms with Crippen LogP contribution >= 0.6 is 11.8 Å². The molecule has 39 heavy (non-hydrogen) atoms. The fourth-order valence-electron chi connectivity index (χ4n) is 5.31. The third-order valence-corrected chi connectivity index (χ3v) is 7.94. The molecule has 7 heteroatoms. The largest absolute Gasteiger partial charge is 0.466 e. The van der Waals surface area contributed by atoms with E-state index in [1.54, 1.807) is 30.6 Å². The van der Waals surface area contributed by atoms with Crippen molar-refractivity contribution in [1.29, 1.82) is 0 Å². The van der Waals surface area contributed by atoms with E-state index in [1.165, 1.54) is 37.7 Å². The lowest BCUT2D eigenvalue weighted by atomic mass is 9.81. The maximum Gasteiger partial charge on any atom is 0.307 e. The van der Waals surface area contributed by atoms with Crippen LogP contribution in [0.3, 0.4) is 0 Å². The van der Waals surface area contributed by atoms with Gasteiger partial charge in [0.1, 0.15) is 11.5 Å². The van der Waals surface area contributed by atoms with Crippen molar-refractivity contribution in [2.24, 2.45) is 5.92 Å². The summed E-state index contributed by atoms with van der Waals surface area (Å²) in [6.45, 7) is 2.45. The van der Waals surface area contributed by atoms with Gasteiger partial charge in [0.15, 0.2) is 0 Å². The SMILES string of the molecule is CCOC(=O)CCN(C)C(=O)c1ccc(NC(c2cc(-c3ccccc3)oc2CSC)C2CCCCC2)cc1. The van der Waals surface area contributed by atoms with Gasteiger partial charge in [0, 0.05) is 36.0 Å². The molecule has 1 N–H and O–H groups in total. The molecular weight excluding hydrogens is 508 g/mol. The van der Waals surface area contributed by atoms with Gasteiger partial charge in [-0.2, -0.15) is 11.8 Å². The van der Waals surface area contributed by atoms with E-state index < -0.39 is 0 Å². The van der Waals surface area contributed by atoms with E-state index in [9.17, 15) is 9.59 Å². The fraction of sp³-hybridized carbons (Fsp3) is 0.438. The maximum atomic E-state index is 12.9. The molecule has 0 bridgehead atoms. The lowest BCUT2D eigenvalue weighted by Crippen LogP contribution is -2.29. The van der Waals surface area contributed by atoms with E-state index in [0.717, 1.165) is 28.5 Å². The lowest BCUT2D eigenvalue weighted by molar-refractivity contribution is -0.143. The van der Waals surface area contributed by atoms with Gasteiger partial charge in [0.25, 0.3) is 5.91 Å². The van der Waals surface area contributed by atoms with E-state index in [4.69, 9.17) is 9.15 Å². The maximum absolute atomic E-state index is 12.9. The molecule has 1 aliphatic rings. The highest BCUT2D eigenvalue weighted by Gasteiger charge is 2.29. The van der Waals surface area contributed by atoms with Gasteiger partial charge in [-0.1, -0.05) is 49.6 Å². The molecule has 1 heterocycles. The van der Waals surface area contributed by atoms with E-state index in [2.05, 4.69) is 29.8 Å². The average Bonchev–Trinajstić information content (AvgIpc) is 3.39. The Kier molecular flexibility index (Phi) is 10.5. The Morgan fingerprint density at radius 3 is 2.46 bits per heavy atom. The van der Waals surface area contributed by atoms with Crippen LogP contribution in [0.4, 0.5) is 5.69 Å². The number of hydrogen-bond donors (Lipinski definition) is 1. The zero-order chi connectivity index (χ0) is 27.6. The van der Waals surface area contributed by atoms with Crippen molar-refractivity contribution in [3.05, 3.63) is 77.6 Å². The molecule has 1 amide bonds. The first-order valence-corrected chi connectivity index (χ1v) is 15.3. The molecule has 0 spiro atoms. The van der Waals surface area contributed by atoms with Crippen LogP contribution in [0.1, 0.15) is 73.2 Å². The molecule has 1 saturated carbocycles. The summed E-state index contributed by atoms with van der Waals surface area (Å²) in [6, 6.07) is 20.3. The number of hydrogen-bond acceptors (Lipinski definition) is 6. The molecule has 3 aromatic rings. The first kappa shape index (κ1) is 28.8. The predicted molar refractivity (Wildman–Crippen MR) is 159 cm³/mol. The highest BCUT2D eigenvalue weighted by atomic mass is 32.2. The highest BCUT2D eigenvalue weighted by Crippen LogP contribution is 2.41. The van der Waals surface area contributed by atoms with E-state index >= 15 is 0 Å². The number of anilines is 1. The summed E-state index contributed by atoms with van der Waals surface area (Å²) in [7, 11) is 1.71. The monoisotopic (exact) mass is 548 g/mol. The van der Waals surface area contributed by atoms with Crippen molar-refractivity contribution in [3.63, 3.8) is 0 Å². The minimum atomic E-state index is -0.291. The first-order valence-electron chi connectivity index (χ1n) is 13.9. The second kappa shape index (κ2) is 14.3. The average molecular weight is 549 g/mol. The Morgan fingerprint density at radius 1 is 1.08 bits per heavy atom. The van der Waals surface area contributed by atoms with Gasteiger partial charge in [-0.05, 0) is 62.3 Å². The molecule has 208 valence electrons. The van der Waals surface area contributed by atoms with Crippen molar-refractivity contribution in [3.8, 4) is 11.3 Å². The minimum absolute atomic E-state index is 0.112. The second-order valence-electron chi connectivity index (χ2n) is 10.2. The molecule has 0 aliphatic heterocycles. The topological polar surface area (TPSA) is 71.8 Å². The Morgan fingerprint density at radius 2 is 1.79 bits per heavy atom. The van der Waals surface area contributed by atoms with Crippen LogP contribution in [-0.4, -0.2) is 43.2 Å². The van der Waals surface area contributed by atoms with Crippen LogP contribution in [-0.2, 0) is 15.3 Å². The van der Waals surface area contributed by atoms with Crippen LogP contribution in [0.2, 0.25) is 0 Å². The summed E-state index contributed by atoms with van der Waals surface area (Å²) in [4.78, 5) is 26.1. The number of thioether (sulfide) groups is 1. The van der Waals surface area contributed by atoms with Gasteiger partial charge >= 0.3 is 5.97 Å². The Balaban J connectivity index is 1.54. The van der Waals surface area contributed by atoms with Gasteiger partial charge in [-0.25, -0.2) is 0 Å². The Bertz CT molecular complexity index is 1200. The molecule has 4 rings (SSSR count). The van der Waals surface area contributed by atoms with Crippen molar-refractivity contribution >= 4 is 29.3 Å². The van der Waals surface area contributed by atoms with Gasteiger partial charge < -0.3 is 19.4 Å². The van der Waals surface area contributed by atoms with Crippen LogP contribution in [0, 0.1) is 5.92 Å². The smallest absolute Gasteiger partial charge is 0.307 e. The summed E-state index contributed by atoms with van der Waals surface area (Å²) in [5.74, 6) is 2.86. The molecule has 1 fully saturated rings. The number of esters is 1. The number of carbonyl (C=O) groups is 2. The third-order valence-electron chi connectivity index (χ3n) is 7.39. The molecule has 1 atom stereocenters. The standard InChI is InChI=1S/C32H40N2O4S/c1-4-37-30(35)19-20-34(2)32(36)25-15-17-26(18-16-25)33-31(24-13-9-6-10-14-24)27-21-28(38-29(27)22-39-3)23-11-7-5-8-12-23/h5,7-8,11-12,15-18,21,24,31,33H,4,6,9-10,13-14,19-20,22H2,1-3H3. The quantitative estimate of drug-likeness (QED) is 0.235. The van der Waals surface area contributed by atoms with Crippen molar-refractivity contribution in [2.45, 2.75) is 57.2 Å². The number of ether oxygens (including phenoxy) is 1. The second-order valence-corrected chi connectivity index (χ2v) is 11.0. The number of amides is 1. The van der Waals surface area contributed by atoms with Crippen molar-refractivity contribution < 1.29 is 18.7 Å². The lowest BCUT2D eigenvalue weighted by Gasteiger charge is -2.32. The number of carbonyl (C=O) groups excluding carboxylic acids is 2. The molecule has 6 nitrogen and oxygen atoms in total.